The van der Waals surface area contributed by atoms with E-state index in [1.807, 2.05) is 6.07 Å². The van der Waals surface area contributed by atoms with E-state index in [1.165, 1.54) is 0 Å². The summed E-state index contributed by atoms with van der Waals surface area (Å²) >= 11 is 0. The summed E-state index contributed by atoms with van der Waals surface area (Å²) in [5, 5.41) is 8.34. The van der Waals surface area contributed by atoms with Crippen LogP contribution < -0.4 is 0 Å². The molecular weight excluding hydrogens is 124 g/mol. The minimum Gasteiger partial charge on any atom is -0.297 e. The summed E-state index contributed by atoms with van der Waals surface area (Å²) in [6, 6.07) is 1.93. The molecule has 0 heterocycles. The minimum atomic E-state index is -0.432. The van der Waals surface area contributed by atoms with Crippen molar-refractivity contribution in [3.63, 3.8) is 0 Å². The molecule has 10 heavy (non-hydrogen) atoms. The van der Waals surface area contributed by atoms with Crippen LogP contribution in [0.3, 0.4) is 0 Å². The second-order valence-electron chi connectivity index (χ2n) is 1.57. The molecule has 0 fully saturated rings. The zero-order chi connectivity index (χ0) is 7.82. The van der Waals surface area contributed by atoms with E-state index in [4.69, 9.17) is 11.7 Å². The van der Waals surface area contributed by atoms with Crippen LogP contribution in [0.15, 0.2) is 17.1 Å². The summed E-state index contributed by atoms with van der Waals surface area (Å²) in [5.41, 5.74) is 0. The van der Waals surface area contributed by atoms with Crippen LogP contribution in [0.25, 0.3) is 0 Å². The molecule has 0 aliphatic rings. The number of hydrogen-bond acceptors (Lipinski definition) is 2. The van der Waals surface area contributed by atoms with Gasteiger partial charge >= 0.3 is 0 Å². The van der Waals surface area contributed by atoms with Gasteiger partial charge in [-0.1, -0.05) is 12.0 Å². The fourth-order valence-corrected chi connectivity index (χ4v) is 0.383. The second-order valence-corrected chi connectivity index (χ2v) is 1.57. The molecule has 0 saturated heterocycles. The van der Waals surface area contributed by atoms with Crippen LogP contribution in [0.4, 0.5) is 0 Å². The van der Waals surface area contributed by atoms with Crippen LogP contribution in [0.2, 0.25) is 0 Å². The summed E-state index contributed by atoms with van der Waals surface area (Å²) in [5.74, 6) is 1.87. The van der Waals surface area contributed by atoms with E-state index in [-0.39, 0.29) is 0 Å². The Kier molecular flexibility index (Phi) is 4.73. The monoisotopic (exact) mass is 132 g/mol. The maximum atomic E-state index is 8.34. The topological polar surface area (TPSA) is 36.1 Å². The van der Waals surface area contributed by atoms with Gasteiger partial charge in [0.05, 0.1) is 6.07 Å². The maximum absolute atomic E-state index is 8.34. The SMILES string of the molecule is C#CC(C#N)/C=C\C=N/C. The molecule has 0 aromatic carbocycles. The Morgan fingerprint density at radius 2 is 2.40 bits per heavy atom. The van der Waals surface area contributed by atoms with Crippen molar-refractivity contribution in [3.8, 4) is 18.4 Å². The molecule has 0 aliphatic heterocycles. The largest absolute Gasteiger partial charge is 0.297 e. The van der Waals surface area contributed by atoms with Crippen LogP contribution in [-0.2, 0) is 0 Å². The molecule has 0 rings (SSSR count). The van der Waals surface area contributed by atoms with E-state index < -0.39 is 5.92 Å². The van der Waals surface area contributed by atoms with Gasteiger partial charge in [-0.15, -0.1) is 6.42 Å². The molecule has 0 aliphatic carbocycles. The lowest BCUT2D eigenvalue weighted by molar-refractivity contribution is 1.13. The molecule has 0 N–H and O–H groups in total. The minimum absolute atomic E-state index is 0.432. The van der Waals surface area contributed by atoms with E-state index in [1.54, 1.807) is 25.4 Å². The first kappa shape index (κ1) is 8.46. The molecule has 0 saturated carbocycles. The van der Waals surface area contributed by atoms with Gasteiger partial charge in [0.25, 0.3) is 0 Å². The van der Waals surface area contributed by atoms with Crippen molar-refractivity contribution in [1.82, 2.24) is 0 Å². The molecule has 1 unspecified atom stereocenters. The van der Waals surface area contributed by atoms with Crippen LogP contribution in [0.1, 0.15) is 0 Å². The third-order valence-corrected chi connectivity index (χ3v) is 0.857. The molecule has 1 atom stereocenters. The van der Waals surface area contributed by atoms with Gasteiger partial charge in [0.1, 0.15) is 5.92 Å². The molecule has 0 radical (unpaired) electrons. The Bertz CT molecular complexity index is 198. The number of nitriles is 1. The first-order valence-corrected chi connectivity index (χ1v) is 2.80. The highest BCUT2D eigenvalue weighted by atomic mass is 14.6. The van der Waals surface area contributed by atoms with E-state index >= 15 is 0 Å². The smallest absolute Gasteiger partial charge is 0.125 e. The van der Waals surface area contributed by atoms with Crippen molar-refractivity contribution in [2.45, 2.75) is 0 Å². The molecule has 2 nitrogen and oxygen atoms in total. The van der Waals surface area contributed by atoms with E-state index in [0.717, 1.165) is 0 Å². The number of hydrogen-bond donors (Lipinski definition) is 0. The fourth-order valence-electron chi connectivity index (χ4n) is 0.383. The number of rotatable bonds is 2. The van der Waals surface area contributed by atoms with Crippen molar-refractivity contribution in [2.24, 2.45) is 10.9 Å². The van der Waals surface area contributed by atoms with Gasteiger partial charge in [0.15, 0.2) is 0 Å². The van der Waals surface area contributed by atoms with Crippen molar-refractivity contribution < 1.29 is 0 Å². The summed E-state index contributed by atoms with van der Waals surface area (Å²) in [6.45, 7) is 0. The molecule has 50 valence electrons. The molecule has 0 bridgehead atoms. The average molecular weight is 132 g/mol. The first-order chi connectivity index (χ1) is 4.85. The zero-order valence-electron chi connectivity index (χ0n) is 5.78. The number of aliphatic imine (C=N–C) groups is 1. The molecule has 0 spiro atoms. The summed E-state index contributed by atoms with van der Waals surface area (Å²) < 4.78 is 0. The van der Waals surface area contributed by atoms with Crippen LogP contribution in [0, 0.1) is 29.6 Å². The Hall–Kier alpha value is -1.54. The number of nitrogens with zero attached hydrogens (tertiary/aromatic N) is 2. The fraction of sp³-hybridized carbons (Fsp3) is 0.250. The van der Waals surface area contributed by atoms with Gasteiger partial charge < -0.3 is 0 Å². The van der Waals surface area contributed by atoms with Gasteiger partial charge in [-0.3, -0.25) is 4.99 Å². The van der Waals surface area contributed by atoms with Crippen molar-refractivity contribution in [1.29, 1.82) is 5.26 Å². The Labute approximate surface area is 60.9 Å². The second kappa shape index (κ2) is 5.59. The lowest BCUT2D eigenvalue weighted by Gasteiger charge is -1.84. The van der Waals surface area contributed by atoms with Crippen LogP contribution in [0.5, 0.6) is 0 Å². The summed E-state index contributed by atoms with van der Waals surface area (Å²) in [7, 11) is 1.65. The van der Waals surface area contributed by atoms with Gasteiger partial charge in [-0.2, -0.15) is 5.26 Å². The molecule has 0 amide bonds. The molecule has 0 aromatic rings. The normalized spacial score (nSPS) is 13.1. The van der Waals surface area contributed by atoms with Gasteiger partial charge in [-0.25, -0.2) is 0 Å². The van der Waals surface area contributed by atoms with Gasteiger partial charge in [0.2, 0.25) is 0 Å². The third-order valence-electron chi connectivity index (χ3n) is 0.857. The standard InChI is InChI=1S/C8H8N2/c1-3-8(7-9)5-4-6-10-2/h1,4-6,8H,2H3/b5-4-,10-6-. The number of allylic oxidation sites excluding steroid dienone is 2. The van der Waals surface area contributed by atoms with E-state index in [2.05, 4.69) is 10.9 Å². The van der Waals surface area contributed by atoms with E-state index in [9.17, 15) is 0 Å². The highest BCUT2D eigenvalue weighted by molar-refractivity contribution is 5.71. The average Bonchev–Trinajstić information content (AvgIpc) is 1.99. The molecule has 2 heteroatoms. The van der Waals surface area contributed by atoms with Crippen LogP contribution >= 0.6 is 0 Å². The lowest BCUT2D eigenvalue weighted by atomic mass is 10.2. The van der Waals surface area contributed by atoms with Crippen molar-refractivity contribution in [2.75, 3.05) is 7.05 Å². The van der Waals surface area contributed by atoms with Crippen molar-refractivity contribution >= 4 is 6.21 Å². The summed E-state index contributed by atoms with van der Waals surface area (Å²) in [6.07, 6.45) is 9.86. The summed E-state index contributed by atoms with van der Waals surface area (Å²) in [4.78, 5) is 3.69. The first-order valence-electron chi connectivity index (χ1n) is 2.80. The highest BCUT2D eigenvalue weighted by Gasteiger charge is 1.91. The lowest BCUT2D eigenvalue weighted by Crippen LogP contribution is -1.84. The maximum Gasteiger partial charge on any atom is 0.125 e. The predicted molar refractivity (Wildman–Crippen MR) is 41.5 cm³/mol. The predicted octanol–water partition coefficient (Wildman–Crippen LogP) is 1.02. The molecular formula is C8H8N2. The number of terminal acetylenes is 1. The Morgan fingerprint density at radius 1 is 1.70 bits per heavy atom. The third kappa shape index (κ3) is 3.46. The van der Waals surface area contributed by atoms with E-state index in [0.29, 0.717) is 0 Å². The quantitative estimate of drug-likeness (QED) is 0.408. The highest BCUT2D eigenvalue weighted by Crippen LogP contribution is 1.91. The zero-order valence-corrected chi connectivity index (χ0v) is 5.78. The van der Waals surface area contributed by atoms with Gasteiger partial charge in [-0.05, 0) is 6.08 Å². The van der Waals surface area contributed by atoms with Gasteiger partial charge in [0, 0.05) is 13.3 Å². The Balaban J connectivity index is 3.91. The molecule has 0 aromatic heterocycles. The Morgan fingerprint density at radius 3 is 2.80 bits per heavy atom. The van der Waals surface area contributed by atoms with Crippen molar-refractivity contribution in [3.05, 3.63) is 12.2 Å². The van der Waals surface area contributed by atoms with Crippen LogP contribution in [-0.4, -0.2) is 13.3 Å².